The van der Waals surface area contributed by atoms with E-state index in [0.29, 0.717) is 0 Å². The summed E-state index contributed by atoms with van der Waals surface area (Å²) in [5.74, 6) is 2.11. The minimum absolute atomic E-state index is 0.159. The Morgan fingerprint density at radius 1 is 1.00 bits per heavy atom. The van der Waals surface area contributed by atoms with Crippen LogP contribution in [-0.4, -0.2) is 33.9 Å². The van der Waals surface area contributed by atoms with Crippen LogP contribution in [-0.2, 0) is 0 Å². The molecule has 0 bridgehead atoms. The first-order chi connectivity index (χ1) is 6.72. The van der Waals surface area contributed by atoms with Gasteiger partial charge in [-0.2, -0.15) is 11.8 Å². The van der Waals surface area contributed by atoms with Crippen LogP contribution in [0.1, 0.15) is 38.5 Å². The number of hydrogen-bond donors (Lipinski definition) is 2. The van der Waals surface area contributed by atoms with Crippen LogP contribution in [0.15, 0.2) is 0 Å². The van der Waals surface area contributed by atoms with Crippen molar-refractivity contribution in [2.24, 2.45) is 5.41 Å². The molecule has 1 heterocycles. The molecule has 1 saturated carbocycles. The zero-order chi connectivity index (χ0) is 10.1. The first kappa shape index (κ1) is 10.8. The van der Waals surface area contributed by atoms with Crippen molar-refractivity contribution in [2.75, 3.05) is 18.1 Å². The van der Waals surface area contributed by atoms with Crippen LogP contribution in [0.5, 0.6) is 0 Å². The molecule has 1 saturated heterocycles. The van der Waals surface area contributed by atoms with E-state index in [9.17, 15) is 10.2 Å². The zero-order valence-electron chi connectivity index (χ0n) is 8.67. The van der Waals surface area contributed by atoms with Crippen molar-refractivity contribution >= 4 is 11.8 Å². The molecule has 0 aromatic carbocycles. The molecular weight excluding hydrogens is 196 g/mol. The van der Waals surface area contributed by atoms with Gasteiger partial charge in [-0.15, -0.1) is 0 Å². The lowest BCUT2D eigenvalue weighted by molar-refractivity contribution is -0.112. The van der Waals surface area contributed by atoms with Gasteiger partial charge < -0.3 is 10.2 Å². The van der Waals surface area contributed by atoms with Crippen molar-refractivity contribution in [1.29, 1.82) is 0 Å². The highest BCUT2D eigenvalue weighted by atomic mass is 32.2. The van der Waals surface area contributed by atoms with E-state index in [4.69, 9.17) is 0 Å². The second kappa shape index (κ2) is 4.03. The quantitative estimate of drug-likeness (QED) is 0.739. The van der Waals surface area contributed by atoms with E-state index in [1.165, 1.54) is 12.8 Å². The second-order valence-electron chi connectivity index (χ2n) is 4.79. The topological polar surface area (TPSA) is 40.5 Å². The molecule has 14 heavy (non-hydrogen) atoms. The number of thioether (sulfide) groups is 1. The highest BCUT2D eigenvalue weighted by Gasteiger charge is 2.51. The number of aliphatic hydroxyl groups excluding tert-OH is 1. The fraction of sp³-hybridized carbons (Fsp3) is 1.00. The van der Waals surface area contributed by atoms with E-state index in [-0.39, 0.29) is 12.0 Å². The molecule has 0 spiro atoms. The van der Waals surface area contributed by atoms with Gasteiger partial charge in [-0.1, -0.05) is 12.8 Å². The molecule has 0 unspecified atom stereocenters. The van der Waals surface area contributed by atoms with Gasteiger partial charge in [0.15, 0.2) is 0 Å². The highest BCUT2D eigenvalue weighted by Crippen LogP contribution is 2.51. The lowest BCUT2D eigenvalue weighted by Gasteiger charge is -2.46. The maximum atomic E-state index is 10.6. The average Bonchev–Trinajstić information content (AvgIpc) is 2.68. The summed E-state index contributed by atoms with van der Waals surface area (Å²) in [6, 6.07) is 0. The van der Waals surface area contributed by atoms with Crippen molar-refractivity contribution in [3.8, 4) is 0 Å². The summed E-state index contributed by atoms with van der Waals surface area (Å²) >= 11 is 1.92. The standard InChI is InChI=1S/C11H20O2S/c12-9-10(3-1-2-4-10)11(13)5-7-14-8-6-11/h12-13H,1-9H2. The third kappa shape index (κ3) is 1.59. The van der Waals surface area contributed by atoms with E-state index in [1.54, 1.807) is 0 Å². The minimum Gasteiger partial charge on any atom is -0.396 e. The summed E-state index contributed by atoms with van der Waals surface area (Å²) in [5.41, 5.74) is -0.725. The van der Waals surface area contributed by atoms with Crippen molar-refractivity contribution in [2.45, 2.75) is 44.1 Å². The van der Waals surface area contributed by atoms with Gasteiger partial charge >= 0.3 is 0 Å². The second-order valence-corrected chi connectivity index (χ2v) is 6.01. The molecule has 2 aliphatic rings. The molecule has 2 fully saturated rings. The lowest BCUT2D eigenvalue weighted by Crippen LogP contribution is -2.51. The third-order valence-corrected chi connectivity index (χ3v) is 5.16. The fourth-order valence-electron chi connectivity index (χ4n) is 3.06. The number of aliphatic hydroxyl groups is 2. The Bertz CT molecular complexity index is 193. The van der Waals surface area contributed by atoms with Gasteiger partial charge in [0.2, 0.25) is 0 Å². The SMILES string of the molecule is OCC1(C2(O)CCSCC2)CCCC1. The van der Waals surface area contributed by atoms with E-state index in [0.717, 1.165) is 37.2 Å². The van der Waals surface area contributed by atoms with E-state index < -0.39 is 5.60 Å². The van der Waals surface area contributed by atoms with Crippen LogP contribution >= 0.6 is 11.8 Å². The molecule has 1 aliphatic heterocycles. The maximum absolute atomic E-state index is 10.6. The predicted molar refractivity (Wildman–Crippen MR) is 59.5 cm³/mol. The zero-order valence-corrected chi connectivity index (χ0v) is 9.48. The van der Waals surface area contributed by atoms with Crippen LogP contribution in [0.25, 0.3) is 0 Å². The van der Waals surface area contributed by atoms with Gasteiger partial charge in [-0.3, -0.25) is 0 Å². The number of rotatable bonds is 2. The normalized spacial score (nSPS) is 30.4. The molecule has 3 heteroatoms. The van der Waals surface area contributed by atoms with Gasteiger partial charge in [0.25, 0.3) is 0 Å². The molecule has 0 aromatic heterocycles. The Hall–Kier alpha value is 0.270. The first-order valence-corrected chi connectivity index (χ1v) is 6.79. The minimum atomic E-state index is -0.566. The maximum Gasteiger partial charge on any atom is 0.0741 e. The Morgan fingerprint density at radius 3 is 2.07 bits per heavy atom. The summed E-state index contributed by atoms with van der Waals surface area (Å²) in [4.78, 5) is 0. The van der Waals surface area contributed by atoms with Gasteiger partial charge in [0, 0.05) is 5.41 Å². The molecule has 0 atom stereocenters. The summed E-state index contributed by atoms with van der Waals surface area (Å²) < 4.78 is 0. The van der Waals surface area contributed by atoms with Crippen molar-refractivity contribution in [3.05, 3.63) is 0 Å². The molecule has 2 nitrogen and oxygen atoms in total. The molecule has 0 amide bonds. The van der Waals surface area contributed by atoms with E-state index >= 15 is 0 Å². The Kier molecular flexibility index (Phi) is 3.10. The van der Waals surface area contributed by atoms with E-state index in [1.807, 2.05) is 11.8 Å². The summed E-state index contributed by atoms with van der Waals surface area (Å²) in [5, 5.41) is 20.2. The molecule has 2 N–H and O–H groups in total. The molecular formula is C11H20O2S. The number of hydrogen-bond acceptors (Lipinski definition) is 3. The van der Waals surface area contributed by atoms with Gasteiger partial charge in [-0.25, -0.2) is 0 Å². The molecule has 1 aliphatic carbocycles. The van der Waals surface area contributed by atoms with Gasteiger partial charge in [0.05, 0.1) is 12.2 Å². The Morgan fingerprint density at radius 2 is 1.57 bits per heavy atom. The molecule has 0 aromatic rings. The van der Waals surface area contributed by atoms with Crippen LogP contribution in [0.3, 0.4) is 0 Å². The Labute approximate surface area is 90.1 Å². The van der Waals surface area contributed by atoms with Gasteiger partial charge in [0.1, 0.15) is 0 Å². The van der Waals surface area contributed by atoms with Gasteiger partial charge in [-0.05, 0) is 37.2 Å². The monoisotopic (exact) mass is 216 g/mol. The van der Waals surface area contributed by atoms with Crippen LogP contribution in [0.4, 0.5) is 0 Å². The predicted octanol–water partition coefficient (Wildman–Crippen LogP) is 1.80. The summed E-state index contributed by atoms with van der Waals surface area (Å²) in [6.45, 7) is 0.175. The summed E-state index contributed by atoms with van der Waals surface area (Å²) in [6.07, 6.45) is 6.14. The smallest absolute Gasteiger partial charge is 0.0741 e. The van der Waals surface area contributed by atoms with Crippen molar-refractivity contribution in [1.82, 2.24) is 0 Å². The van der Waals surface area contributed by atoms with Crippen LogP contribution in [0, 0.1) is 5.41 Å². The lowest BCUT2D eigenvalue weighted by atomic mass is 9.68. The average molecular weight is 216 g/mol. The van der Waals surface area contributed by atoms with Crippen LogP contribution < -0.4 is 0 Å². The molecule has 82 valence electrons. The Balaban J connectivity index is 2.15. The highest BCUT2D eigenvalue weighted by molar-refractivity contribution is 7.99. The molecule has 0 radical (unpaired) electrons. The van der Waals surface area contributed by atoms with Crippen molar-refractivity contribution in [3.63, 3.8) is 0 Å². The fourth-order valence-corrected chi connectivity index (χ4v) is 4.23. The third-order valence-electron chi connectivity index (χ3n) is 4.17. The molecule has 2 rings (SSSR count). The van der Waals surface area contributed by atoms with Crippen molar-refractivity contribution < 1.29 is 10.2 Å². The summed E-state index contributed by atoms with van der Waals surface area (Å²) in [7, 11) is 0. The largest absolute Gasteiger partial charge is 0.396 e. The first-order valence-electron chi connectivity index (χ1n) is 5.63. The van der Waals surface area contributed by atoms with E-state index in [2.05, 4.69) is 0 Å². The van der Waals surface area contributed by atoms with Crippen LogP contribution in [0.2, 0.25) is 0 Å².